The van der Waals surface area contributed by atoms with E-state index < -0.39 is 18.1 Å². The molecule has 0 bridgehead atoms. The fraction of sp³-hybridized carbons (Fsp3) is 0.405. The van der Waals surface area contributed by atoms with Crippen molar-refractivity contribution in [2.24, 2.45) is 11.0 Å². The van der Waals surface area contributed by atoms with Crippen molar-refractivity contribution in [2.75, 3.05) is 23.0 Å². The van der Waals surface area contributed by atoms with Crippen LogP contribution in [0.2, 0.25) is 0 Å². The van der Waals surface area contributed by atoms with Gasteiger partial charge < -0.3 is 75.8 Å². The monoisotopic (exact) mass is 1660 g/mol. The predicted octanol–water partition coefficient (Wildman–Crippen LogP) is 11.3. The van der Waals surface area contributed by atoms with E-state index in [0.717, 1.165) is 81.8 Å². The zero-order valence-corrected chi connectivity index (χ0v) is 67.9. The molecule has 121 heavy (non-hydrogen) atoms. The number of allylic oxidation sites excluding steroid dienone is 1. The molecule has 36 nitrogen and oxygen atoms in total. The summed E-state index contributed by atoms with van der Waals surface area (Å²) in [5.41, 5.74) is 9.81. The fourth-order valence-electron chi connectivity index (χ4n) is 13.3. The number of hydrazone groups is 1. The summed E-state index contributed by atoms with van der Waals surface area (Å²) in [6.07, 6.45) is 30.8. The highest BCUT2D eigenvalue weighted by atomic mass is 16.6. The Labute approximate surface area is 699 Å². The number of alkyl carbamates (subject to hydrolysis) is 1. The Kier molecular flexibility index (Phi) is 38.1. The number of hydrogen-bond acceptors (Lipinski definition) is 32. The lowest BCUT2D eigenvalue weighted by atomic mass is 9.78. The Bertz CT molecular complexity index is 5050. The maximum absolute atomic E-state index is 12.3. The number of nitrogens with zero attached hydrogens (tertiary/aromatic N) is 13. The molecular formula is C84H98BN18O18. The van der Waals surface area contributed by atoms with E-state index in [1.165, 1.54) is 102 Å². The molecule has 11 N–H and O–H groups in total. The molecule has 9 heterocycles. The van der Waals surface area contributed by atoms with Gasteiger partial charge in [-0.1, -0.05) is 45.1 Å². The minimum atomic E-state index is -0.643. The molecule has 1 saturated carbocycles. The molecule has 1 aliphatic heterocycles. The average Bonchev–Trinajstić information content (AvgIpc) is 0.768. The summed E-state index contributed by atoms with van der Waals surface area (Å²) in [7, 11) is 1.49. The molecule has 4 aliphatic rings. The number of aromatic hydroxyl groups is 6. The van der Waals surface area contributed by atoms with Crippen LogP contribution in [0.25, 0.3) is 51.5 Å². The van der Waals surface area contributed by atoms with Gasteiger partial charge in [-0.15, -0.1) is 30.6 Å². The lowest BCUT2D eigenvalue weighted by Crippen LogP contribution is -2.38. The number of rotatable bonds is 24. The number of ketones is 3. The van der Waals surface area contributed by atoms with Crippen LogP contribution in [-0.4, -0.2) is 178 Å². The van der Waals surface area contributed by atoms with Crippen molar-refractivity contribution in [1.82, 2.24) is 71.2 Å². The highest BCUT2D eigenvalue weighted by Crippen LogP contribution is 2.43. The second-order valence-corrected chi connectivity index (χ2v) is 28.3. The first-order valence-corrected chi connectivity index (χ1v) is 39.6. The summed E-state index contributed by atoms with van der Waals surface area (Å²) in [5.74, 6) is -1.96. The zero-order valence-electron chi connectivity index (χ0n) is 67.9. The van der Waals surface area contributed by atoms with Crippen molar-refractivity contribution in [1.29, 1.82) is 0 Å². The molecule has 3 atom stereocenters. The van der Waals surface area contributed by atoms with Crippen molar-refractivity contribution in [3.05, 3.63) is 132 Å². The number of esters is 1. The Morgan fingerprint density at radius 1 is 0.479 bits per heavy atom. The van der Waals surface area contributed by atoms with Crippen molar-refractivity contribution in [3.63, 3.8) is 0 Å². The number of Topliss-reactive ketones (excluding diaryl/α,β-unsaturated/α-hetero) is 3. The number of carbonyl (C=O) groups is 8. The molecule has 0 saturated heterocycles. The standard InChI is InChI=1S/C28H34N6O6.C26H29N5O4.C18H17N7O4.C11H18O2.CO2.B/c1-16(35)8-6-12-22(38)32-17-14-20(37)26(31-15-17)24-18-9-4-3-5-11-21(40-28(39)29-2)23(18)27(34-33-24)25-19(36)10-7-13-30-25;1-16(32)8-6-12-22(35)29-17-14-21(34)26(28-15-17)24-19-10-5-3-2-4-9-18(19)23(30-31-24)25-20(33)11-7-13-27-25;1-10(26)4-2-6-14(29)21-11-8-13(28)16(20-9-11)18-24-22-17(23-25-18)15-12(27)5-3-7-19-15;1-2-11(12)13-10-8-6-4-3-5-7-9-10;2-1-3;/h7,10,13-15,18,21,34,36-37H,3-6,8-9,11-12H2,1-2H3,(H,29,39)(H,32,38);7,11,13-15,33-34H,2-6,8-10,12H2,1H3,(H,29,35);3,5,7-9,27-28H,2,4,6H2,1H3,(H,21,29);6,8,10H,2-5,7,9H2,1H3;;/b;;;8-6+;;. The molecule has 3 radical (unpaired) electrons. The molecule has 3 aliphatic carbocycles. The second kappa shape index (κ2) is 48.9. The number of carbonyl (C=O) groups excluding carboxylic acids is 10. The van der Waals surface area contributed by atoms with Gasteiger partial charge in [0, 0.05) is 109 Å². The molecule has 1 fully saturated rings. The SMILES string of the molecule is CC(=O)CCCC(=O)Nc1cnc(-c2nnc(-c3ncccc3O)c3c2CCCCCC3)c(O)c1.CC(=O)CCCC(=O)Nc1cnc(-c2nnc(-c3ncccc3O)nn2)c(O)c1.CCC(=O)OC1/C=C/CCCCC1.CNC(=O)OC1CCCCCC2C(c3ncc(NC(=O)CCCC(C)=O)cc3O)=NNC(c3ncccc3O)=C12.O=C=O.[B]. The van der Waals surface area contributed by atoms with Crippen LogP contribution in [-0.2, 0) is 65.5 Å². The molecule has 3 unspecified atom stereocenters. The minimum absolute atomic E-state index is 0. The molecule has 4 amide bonds. The van der Waals surface area contributed by atoms with Gasteiger partial charge in [0.25, 0.3) is 0 Å². The Morgan fingerprint density at radius 3 is 1.35 bits per heavy atom. The number of hydrogen-bond donors (Lipinski definition) is 11. The van der Waals surface area contributed by atoms with E-state index >= 15 is 0 Å². The number of pyridine rings is 6. The molecule has 635 valence electrons. The van der Waals surface area contributed by atoms with Crippen LogP contribution in [0.1, 0.15) is 204 Å². The summed E-state index contributed by atoms with van der Waals surface area (Å²) < 4.78 is 11.0. The number of fused-ring (bicyclic) bond motifs is 2. The first-order valence-electron chi connectivity index (χ1n) is 39.6. The molecular weight excluding hydrogens is 1560 g/mol. The van der Waals surface area contributed by atoms with Crippen LogP contribution in [0.5, 0.6) is 34.5 Å². The number of ether oxygens (including phenoxy) is 2. The van der Waals surface area contributed by atoms with Crippen molar-refractivity contribution < 1.29 is 88.1 Å². The maximum Gasteiger partial charge on any atom is 0.407 e. The van der Waals surface area contributed by atoms with Gasteiger partial charge in [0.05, 0.1) is 47.1 Å². The van der Waals surface area contributed by atoms with Crippen LogP contribution in [0, 0.1) is 5.92 Å². The average molecular weight is 1660 g/mol. The van der Waals surface area contributed by atoms with E-state index in [9.17, 15) is 69.0 Å². The highest BCUT2D eigenvalue weighted by molar-refractivity contribution is 6.07. The topological polar surface area (TPSA) is 538 Å². The van der Waals surface area contributed by atoms with E-state index in [4.69, 9.17) is 19.1 Å². The van der Waals surface area contributed by atoms with Crippen LogP contribution < -0.4 is 26.7 Å². The lowest BCUT2D eigenvalue weighted by Gasteiger charge is -2.35. The first kappa shape index (κ1) is 94.4. The third-order valence-electron chi connectivity index (χ3n) is 19.1. The van der Waals surface area contributed by atoms with Crippen molar-refractivity contribution in [3.8, 4) is 80.3 Å². The van der Waals surface area contributed by atoms with Gasteiger partial charge in [-0.2, -0.15) is 14.7 Å². The third kappa shape index (κ3) is 29.1. The normalized spacial score (nSPS) is 15.4. The zero-order chi connectivity index (χ0) is 86.5. The molecule has 8 aromatic heterocycles. The molecule has 37 heteroatoms. The maximum atomic E-state index is 12.3. The number of anilines is 3. The third-order valence-corrected chi connectivity index (χ3v) is 19.1. The van der Waals surface area contributed by atoms with Crippen LogP contribution in [0.15, 0.2) is 115 Å². The summed E-state index contributed by atoms with van der Waals surface area (Å²) in [5, 5.41) is 102. The van der Waals surface area contributed by atoms with E-state index in [1.807, 2.05) is 13.0 Å². The highest BCUT2D eigenvalue weighted by Gasteiger charge is 2.39. The first-order chi connectivity index (χ1) is 57.9. The second-order valence-electron chi connectivity index (χ2n) is 28.3. The molecule has 8 aromatic rings. The van der Waals surface area contributed by atoms with Gasteiger partial charge in [0.1, 0.15) is 98.2 Å². The Balaban J connectivity index is 0.000000230. The summed E-state index contributed by atoms with van der Waals surface area (Å²) in [4.78, 5) is 134. The summed E-state index contributed by atoms with van der Waals surface area (Å²) in [6.45, 7) is 6.27. The predicted molar refractivity (Wildman–Crippen MR) is 442 cm³/mol. The van der Waals surface area contributed by atoms with Gasteiger partial charge in [0.2, 0.25) is 29.4 Å². The summed E-state index contributed by atoms with van der Waals surface area (Å²) >= 11 is 0. The van der Waals surface area contributed by atoms with Gasteiger partial charge in [-0.25, -0.2) is 24.7 Å². The van der Waals surface area contributed by atoms with Crippen molar-refractivity contribution in [2.45, 2.75) is 207 Å². The number of amides is 4. The molecule has 12 rings (SSSR count). The largest absolute Gasteiger partial charge is 0.506 e. The summed E-state index contributed by atoms with van der Waals surface area (Å²) in [6, 6.07) is 13.5. The van der Waals surface area contributed by atoms with E-state index in [1.54, 1.807) is 36.7 Å². The number of nitrogens with one attached hydrogen (secondary N) is 5. The van der Waals surface area contributed by atoms with Crippen LogP contribution in [0.4, 0.5) is 21.9 Å². The Morgan fingerprint density at radius 2 is 0.893 bits per heavy atom. The van der Waals surface area contributed by atoms with Crippen LogP contribution >= 0.6 is 0 Å². The van der Waals surface area contributed by atoms with E-state index in [-0.39, 0.29) is 156 Å². The van der Waals surface area contributed by atoms with Crippen LogP contribution in [0.3, 0.4) is 0 Å². The Hall–Kier alpha value is -13.7. The lowest BCUT2D eigenvalue weighted by molar-refractivity contribution is -0.192. The molecule has 0 aromatic carbocycles. The minimum Gasteiger partial charge on any atom is -0.506 e. The van der Waals surface area contributed by atoms with Gasteiger partial charge in [-0.3, -0.25) is 34.6 Å². The quantitative estimate of drug-likeness (QED) is 0.0152. The van der Waals surface area contributed by atoms with Gasteiger partial charge in [0.15, 0.2) is 11.4 Å². The fourth-order valence-corrected chi connectivity index (χ4v) is 13.3. The van der Waals surface area contributed by atoms with Gasteiger partial charge >= 0.3 is 18.2 Å². The smallest absolute Gasteiger partial charge is 0.407 e. The van der Waals surface area contributed by atoms with E-state index in [0.29, 0.717) is 109 Å². The molecule has 0 spiro atoms. The van der Waals surface area contributed by atoms with Gasteiger partial charge in [-0.05, 0) is 164 Å². The van der Waals surface area contributed by atoms with Crippen molar-refractivity contribution >= 4 is 90.2 Å². The number of aromatic nitrogens is 12. The van der Waals surface area contributed by atoms with E-state index in [2.05, 4.69) is 98.4 Å².